The van der Waals surface area contributed by atoms with E-state index in [0.29, 0.717) is 27.8 Å². The number of aryl methyl sites for hydroxylation is 1. The first kappa shape index (κ1) is 28.9. The van der Waals surface area contributed by atoms with Gasteiger partial charge < -0.3 is 10.2 Å². The Hall–Kier alpha value is -2.29. The van der Waals surface area contributed by atoms with Crippen molar-refractivity contribution in [1.29, 1.82) is 0 Å². The standard InChI is InChI=1S/C25H33Cl2N3O4S/c1-16(2)13-28-25(32)19(5)29(14-20-21(26)10-8-11-22(20)27)24(31)15-30(35(6,33)34)23-12-7-9-17(3)18(23)4/h7-12,16,19H,13-15H2,1-6H3,(H,28,32)/t19-/m1/s1. The van der Waals surface area contributed by atoms with Crippen molar-refractivity contribution >= 4 is 50.7 Å². The molecule has 0 aliphatic heterocycles. The summed E-state index contributed by atoms with van der Waals surface area (Å²) in [6, 6.07) is 9.35. The Bertz CT molecular complexity index is 1160. The van der Waals surface area contributed by atoms with Gasteiger partial charge in [-0.25, -0.2) is 8.42 Å². The fourth-order valence-electron chi connectivity index (χ4n) is 3.49. The summed E-state index contributed by atoms with van der Waals surface area (Å²) in [7, 11) is -3.81. The number of sulfonamides is 1. The van der Waals surface area contributed by atoms with E-state index in [1.54, 1.807) is 44.2 Å². The zero-order valence-electron chi connectivity index (χ0n) is 20.9. The van der Waals surface area contributed by atoms with Gasteiger partial charge in [-0.05, 0) is 56.0 Å². The smallest absolute Gasteiger partial charge is 0.244 e. The molecule has 0 aliphatic rings. The molecule has 35 heavy (non-hydrogen) atoms. The third-order valence-electron chi connectivity index (χ3n) is 5.77. The summed E-state index contributed by atoms with van der Waals surface area (Å²) in [5.41, 5.74) is 2.53. The van der Waals surface area contributed by atoms with Crippen molar-refractivity contribution in [3.05, 3.63) is 63.1 Å². The van der Waals surface area contributed by atoms with Crippen molar-refractivity contribution in [2.24, 2.45) is 5.92 Å². The number of rotatable bonds is 10. The van der Waals surface area contributed by atoms with Crippen LogP contribution in [0.25, 0.3) is 0 Å². The molecule has 0 unspecified atom stereocenters. The lowest BCUT2D eigenvalue weighted by atomic mass is 10.1. The van der Waals surface area contributed by atoms with E-state index in [9.17, 15) is 18.0 Å². The van der Waals surface area contributed by atoms with Crippen LogP contribution in [0, 0.1) is 19.8 Å². The number of nitrogens with one attached hydrogen (secondary N) is 1. The zero-order valence-corrected chi connectivity index (χ0v) is 23.3. The third kappa shape index (κ3) is 7.59. The van der Waals surface area contributed by atoms with E-state index in [0.717, 1.165) is 21.7 Å². The molecule has 0 bridgehead atoms. The second kappa shape index (κ2) is 12.1. The van der Waals surface area contributed by atoms with Gasteiger partial charge in [0.2, 0.25) is 21.8 Å². The van der Waals surface area contributed by atoms with Gasteiger partial charge >= 0.3 is 0 Å². The lowest BCUT2D eigenvalue weighted by molar-refractivity contribution is -0.139. The first-order chi connectivity index (χ1) is 16.2. The Labute approximate surface area is 218 Å². The molecule has 2 aromatic carbocycles. The van der Waals surface area contributed by atoms with Crippen LogP contribution in [0.2, 0.25) is 10.0 Å². The molecule has 0 radical (unpaired) electrons. The summed E-state index contributed by atoms with van der Waals surface area (Å²) < 4.78 is 26.5. The van der Waals surface area contributed by atoms with Crippen LogP contribution in [0.4, 0.5) is 5.69 Å². The van der Waals surface area contributed by atoms with Gasteiger partial charge in [-0.2, -0.15) is 0 Å². The van der Waals surface area contributed by atoms with E-state index in [4.69, 9.17) is 23.2 Å². The highest BCUT2D eigenvalue weighted by molar-refractivity contribution is 7.92. The molecule has 2 aromatic rings. The number of carbonyl (C=O) groups is 2. The van der Waals surface area contributed by atoms with E-state index >= 15 is 0 Å². The Morgan fingerprint density at radius 2 is 1.57 bits per heavy atom. The van der Waals surface area contributed by atoms with Gasteiger partial charge in [0.1, 0.15) is 12.6 Å². The number of carbonyl (C=O) groups excluding carboxylic acids is 2. The van der Waals surface area contributed by atoms with Crippen molar-refractivity contribution in [3.8, 4) is 0 Å². The molecule has 0 saturated heterocycles. The highest BCUT2D eigenvalue weighted by Crippen LogP contribution is 2.28. The maximum Gasteiger partial charge on any atom is 0.244 e. The second-order valence-electron chi connectivity index (χ2n) is 9.03. The van der Waals surface area contributed by atoms with Crippen LogP contribution < -0.4 is 9.62 Å². The maximum atomic E-state index is 13.6. The molecule has 2 rings (SSSR count). The minimum Gasteiger partial charge on any atom is -0.354 e. The van der Waals surface area contributed by atoms with E-state index < -0.39 is 28.5 Å². The van der Waals surface area contributed by atoms with Crippen molar-refractivity contribution in [2.45, 2.75) is 47.2 Å². The molecule has 1 N–H and O–H groups in total. The molecule has 2 amide bonds. The number of anilines is 1. The predicted octanol–water partition coefficient (Wildman–Crippen LogP) is 4.57. The predicted molar refractivity (Wildman–Crippen MR) is 142 cm³/mol. The van der Waals surface area contributed by atoms with Crippen LogP contribution in [0.3, 0.4) is 0 Å². The average molecular weight is 543 g/mol. The van der Waals surface area contributed by atoms with Gasteiger partial charge in [-0.3, -0.25) is 13.9 Å². The quantitative estimate of drug-likeness (QED) is 0.477. The van der Waals surface area contributed by atoms with Gasteiger partial charge in [0.05, 0.1) is 11.9 Å². The molecule has 1 atom stereocenters. The van der Waals surface area contributed by atoms with Gasteiger partial charge in [0.25, 0.3) is 0 Å². The van der Waals surface area contributed by atoms with Crippen LogP contribution in [-0.4, -0.2) is 50.5 Å². The highest BCUT2D eigenvalue weighted by atomic mass is 35.5. The summed E-state index contributed by atoms with van der Waals surface area (Å²) in [4.78, 5) is 27.8. The van der Waals surface area contributed by atoms with Gasteiger partial charge in [-0.1, -0.05) is 55.2 Å². The van der Waals surface area contributed by atoms with Crippen molar-refractivity contribution in [1.82, 2.24) is 10.2 Å². The minimum atomic E-state index is -3.81. The lowest BCUT2D eigenvalue weighted by Crippen LogP contribution is -2.51. The molecular weight excluding hydrogens is 509 g/mol. The fraction of sp³-hybridized carbons (Fsp3) is 0.440. The number of nitrogens with zero attached hydrogens (tertiary/aromatic N) is 2. The van der Waals surface area contributed by atoms with E-state index in [1.807, 2.05) is 26.8 Å². The van der Waals surface area contributed by atoms with Crippen LogP contribution >= 0.6 is 23.2 Å². The van der Waals surface area contributed by atoms with E-state index in [2.05, 4.69) is 5.32 Å². The minimum absolute atomic E-state index is 0.0575. The van der Waals surface area contributed by atoms with Crippen LogP contribution in [-0.2, 0) is 26.2 Å². The number of halogens is 2. The molecule has 7 nitrogen and oxygen atoms in total. The maximum absolute atomic E-state index is 13.6. The highest BCUT2D eigenvalue weighted by Gasteiger charge is 2.31. The largest absolute Gasteiger partial charge is 0.354 e. The molecule has 0 aromatic heterocycles. The third-order valence-corrected chi connectivity index (χ3v) is 7.60. The number of hydrogen-bond acceptors (Lipinski definition) is 4. The molecule has 192 valence electrons. The summed E-state index contributed by atoms with van der Waals surface area (Å²) in [5, 5.41) is 3.53. The molecule has 0 spiro atoms. The molecular formula is C25H33Cl2N3O4S. The summed E-state index contributed by atoms with van der Waals surface area (Å²) in [6.45, 7) is 9.10. The Morgan fingerprint density at radius 1 is 1.00 bits per heavy atom. The zero-order chi connectivity index (χ0) is 26.5. The normalized spacial score (nSPS) is 12.4. The summed E-state index contributed by atoms with van der Waals surface area (Å²) in [5.74, 6) is -0.689. The summed E-state index contributed by atoms with van der Waals surface area (Å²) in [6.07, 6.45) is 1.05. The van der Waals surface area contributed by atoms with Crippen molar-refractivity contribution in [3.63, 3.8) is 0 Å². The number of amides is 2. The van der Waals surface area contributed by atoms with Crippen molar-refractivity contribution in [2.75, 3.05) is 23.7 Å². The SMILES string of the molecule is Cc1cccc(N(CC(=O)N(Cc2c(Cl)cccc2Cl)[C@H](C)C(=O)NCC(C)C)S(C)(=O)=O)c1C. The summed E-state index contributed by atoms with van der Waals surface area (Å²) >= 11 is 12.7. The lowest BCUT2D eigenvalue weighted by Gasteiger charge is -2.32. The van der Waals surface area contributed by atoms with Gasteiger partial charge in [0, 0.05) is 28.7 Å². The molecule has 0 saturated carbocycles. The van der Waals surface area contributed by atoms with Gasteiger partial charge in [0.15, 0.2) is 0 Å². The Morgan fingerprint density at radius 3 is 2.11 bits per heavy atom. The van der Waals surface area contributed by atoms with Gasteiger partial charge in [-0.15, -0.1) is 0 Å². The van der Waals surface area contributed by atoms with Crippen LogP contribution in [0.5, 0.6) is 0 Å². The van der Waals surface area contributed by atoms with Crippen LogP contribution in [0.15, 0.2) is 36.4 Å². The first-order valence-corrected chi connectivity index (χ1v) is 13.9. The number of benzene rings is 2. The topological polar surface area (TPSA) is 86.8 Å². The second-order valence-corrected chi connectivity index (χ2v) is 11.7. The number of hydrogen-bond donors (Lipinski definition) is 1. The van der Waals surface area contributed by atoms with E-state index in [1.165, 1.54) is 4.90 Å². The van der Waals surface area contributed by atoms with Crippen molar-refractivity contribution < 1.29 is 18.0 Å². The first-order valence-electron chi connectivity index (χ1n) is 11.3. The Kier molecular flexibility index (Phi) is 10.0. The van der Waals surface area contributed by atoms with Crippen LogP contribution in [0.1, 0.15) is 37.5 Å². The average Bonchev–Trinajstić information content (AvgIpc) is 2.76. The molecule has 0 aliphatic carbocycles. The Balaban J connectivity index is 2.47. The fourth-order valence-corrected chi connectivity index (χ4v) is 4.91. The molecule has 0 heterocycles. The monoisotopic (exact) mass is 541 g/mol. The molecule has 0 fully saturated rings. The van der Waals surface area contributed by atoms with E-state index in [-0.39, 0.29) is 18.4 Å². The molecule has 10 heteroatoms.